The lowest BCUT2D eigenvalue weighted by Gasteiger charge is -2.13. The number of aromatic hydroxyl groups is 1. The van der Waals surface area contributed by atoms with Crippen LogP contribution in [0.5, 0.6) is 5.75 Å². The number of halogens is 1. The van der Waals surface area contributed by atoms with Gasteiger partial charge >= 0.3 is 5.97 Å². The number of benzene rings is 1. The normalized spacial score (nSPS) is 13.3. The smallest absolute Gasteiger partial charge is 0.305 e. The fourth-order valence-corrected chi connectivity index (χ4v) is 2.18. The molecule has 0 aromatic heterocycles. The molecule has 0 saturated carbocycles. The fraction of sp³-hybridized carbons (Fsp3) is 0.300. The quantitative estimate of drug-likeness (QED) is 0.733. The first-order chi connectivity index (χ1) is 8.12. The molecule has 0 amide bonds. The summed E-state index contributed by atoms with van der Waals surface area (Å²) in [7, 11) is -3.81. The molecule has 0 saturated heterocycles. The summed E-state index contributed by atoms with van der Waals surface area (Å²) < 4.78 is 35.9. The lowest BCUT2D eigenvalue weighted by atomic mass is 10.0. The number of hydrogen-bond donors (Lipinski definition) is 3. The lowest BCUT2D eigenvalue weighted by molar-refractivity contribution is -0.137. The third-order valence-electron chi connectivity index (χ3n) is 2.27. The van der Waals surface area contributed by atoms with Crippen molar-refractivity contribution in [2.75, 3.05) is 6.26 Å². The van der Waals surface area contributed by atoms with Gasteiger partial charge in [0.25, 0.3) is 0 Å². The molecule has 6 nitrogen and oxygen atoms in total. The van der Waals surface area contributed by atoms with Crippen molar-refractivity contribution in [3.05, 3.63) is 23.5 Å². The van der Waals surface area contributed by atoms with E-state index in [-0.39, 0.29) is 5.56 Å². The number of hydrogen-bond acceptors (Lipinski definition) is 5. The van der Waals surface area contributed by atoms with Crippen LogP contribution in [0.4, 0.5) is 4.39 Å². The summed E-state index contributed by atoms with van der Waals surface area (Å²) in [6, 6.07) is 0.340. The van der Waals surface area contributed by atoms with Crippen molar-refractivity contribution in [1.29, 1.82) is 0 Å². The fourth-order valence-electron chi connectivity index (χ4n) is 1.44. The SMILES string of the molecule is CS(=O)(=O)c1cc(O)c(C(N)CC(=O)O)cc1F. The van der Waals surface area contributed by atoms with Crippen molar-refractivity contribution >= 4 is 15.8 Å². The number of carboxylic acids is 1. The van der Waals surface area contributed by atoms with E-state index in [4.69, 9.17) is 10.8 Å². The van der Waals surface area contributed by atoms with Gasteiger partial charge < -0.3 is 15.9 Å². The van der Waals surface area contributed by atoms with Crippen LogP contribution in [-0.2, 0) is 14.6 Å². The molecule has 0 aliphatic heterocycles. The maximum Gasteiger partial charge on any atom is 0.305 e. The molecule has 0 aliphatic carbocycles. The molecule has 1 atom stereocenters. The van der Waals surface area contributed by atoms with Gasteiger partial charge in [0.2, 0.25) is 0 Å². The van der Waals surface area contributed by atoms with E-state index in [1.54, 1.807) is 0 Å². The zero-order valence-electron chi connectivity index (χ0n) is 9.42. The third kappa shape index (κ3) is 3.17. The van der Waals surface area contributed by atoms with Crippen LogP contribution in [-0.4, -0.2) is 30.9 Å². The molecule has 8 heteroatoms. The Morgan fingerprint density at radius 1 is 1.50 bits per heavy atom. The molecule has 0 spiro atoms. The van der Waals surface area contributed by atoms with Gasteiger partial charge in [0.05, 0.1) is 6.42 Å². The van der Waals surface area contributed by atoms with Crippen molar-refractivity contribution in [2.45, 2.75) is 17.4 Å². The molecule has 0 bridgehead atoms. The van der Waals surface area contributed by atoms with Crippen LogP contribution in [0.15, 0.2) is 17.0 Å². The molecule has 0 radical (unpaired) electrons. The summed E-state index contributed by atoms with van der Waals surface area (Å²) in [5.41, 5.74) is 5.32. The number of carbonyl (C=O) groups is 1. The van der Waals surface area contributed by atoms with Crippen LogP contribution in [0.3, 0.4) is 0 Å². The second-order valence-corrected chi connectivity index (χ2v) is 5.80. The van der Waals surface area contributed by atoms with Crippen molar-refractivity contribution in [3.8, 4) is 5.75 Å². The van der Waals surface area contributed by atoms with Gasteiger partial charge in [-0.25, -0.2) is 12.8 Å². The molecule has 0 fully saturated rings. The summed E-state index contributed by atoms with van der Waals surface area (Å²) in [6.07, 6.45) is 0.285. The van der Waals surface area contributed by atoms with E-state index in [1.165, 1.54) is 0 Å². The molecular weight excluding hydrogens is 265 g/mol. The Bertz CT molecular complexity index is 584. The minimum atomic E-state index is -3.81. The first-order valence-electron chi connectivity index (χ1n) is 4.82. The zero-order valence-corrected chi connectivity index (χ0v) is 10.2. The molecular formula is C10H12FNO5S. The van der Waals surface area contributed by atoms with E-state index < -0.39 is 44.7 Å². The molecule has 1 aromatic rings. The molecule has 1 aromatic carbocycles. The van der Waals surface area contributed by atoms with E-state index >= 15 is 0 Å². The van der Waals surface area contributed by atoms with Crippen LogP contribution >= 0.6 is 0 Å². The highest BCUT2D eigenvalue weighted by Gasteiger charge is 2.21. The molecule has 100 valence electrons. The monoisotopic (exact) mass is 277 g/mol. The summed E-state index contributed by atoms with van der Waals surface area (Å²) in [5, 5.41) is 18.1. The molecule has 1 unspecified atom stereocenters. The Morgan fingerprint density at radius 2 is 2.06 bits per heavy atom. The zero-order chi connectivity index (χ0) is 14.1. The predicted octanol–water partition coefficient (Wildman–Crippen LogP) is 0.409. The number of sulfone groups is 1. The molecule has 4 N–H and O–H groups in total. The van der Waals surface area contributed by atoms with Crippen molar-refractivity contribution < 1.29 is 27.8 Å². The number of phenols is 1. The minimum absolute atomic E-state index is 0.151. The Hall–Kier alpha value is -1.67. The van der Waals surface area contributed by atoms with Crippen LogP contribution < -0.4 is 5.73 Å². The summed E-state index contributed by atoms with van der Waals surface area (Å²) in [5.74, 6) is -2.84. The van der Waals surface area contributed by atoms with E-state index in [9.17, 15) is 22.7 Å². The van der Waals surface area contributed by atoms with E-state index in [0.717, 1.165) is 18.4 Å². The second kappa shape index (κ2) is 4.91. The summed E-state index contributed by atoms with van der Waals surface area (Å²) in [6.45, 7) is 0. The number of nitrogens with two attached hydrogens (primary N) is 1. The van der Waals surface area contributed by atoms with Gasteiger partial charge in [-0.2, -0.15) is 0 Å². The Balaban J connectivity index is 3.27. The molecule has 18 heavy (non-hydrogen) atoms. The Morgan fingerprint density at radius 3 is 2.50 bits per heavy atom. The van der Waals surface area contributed by atoms with E-state index in [1.807, 2.05) is 0 Å². The number of aliphatic carboxylic acids is 1. The maximum atomic E-state index is 13.5. The predicted molar refractivity (Wildman–Crippen MR) is 60.4 cm³/mol. The van der Waals surface area contributed by atoms with Gasteiger partial charge in [0.15, 0.2) is 9.84 Å². The molecule has 0 heterocycles. The van der Waals surface area contributed by atoms with Crippen molar-refractivity contribution in [1.82, 2.24) is 0 Å². The second-order valence-electron chi connectivity index (χ2n) is 3.82. The first kappa shape index (κ1) is 14.4. The number of rotatable bonds is 4. The van der Waals surface area contributed by atoms with Gasteiger partial charge in [-0.1, -0.05) is 0 Å². The van der Waals surface area contributed by atoms with Gasteiger partial charge in [-0.15, -0.1) is 0 Å². The van der Waals surface area contributed by atoms with Gasteiger partial charge in [-0.05, 0) is 6.07 Å². The first-order valence-corrected chi connectivity index (χ1v) is 6.72. The molecule has 1 rings (SSSR count). The highest BCUT2D eigenvalue weighted by atomic mass is 32.2. The summed E-state index contributed by atoms with van der Waals surface area (Å²) >= 11 is 0. The van der Waals surface area contributed by atoms with Crippen molar-refractivity contribution in [3.63, 3.8) is 0 Å². The number of carboxylic acid groups (broad SMARTS) is 1. The van der Waals surface area contributed by atoms with E-state index in [2.05, 4.69) is 0 Å². The van der Waals surface area contributed by atoms with Crippen LogP contribution in [0, 0.1) is 5.82 Å². The largest absolute Gasteiger partial charge is 0.508 e. The maximum absolute atomic E-state index is 13.5. The topological polar surface area (TPSA) is 118 Å². The highest BCUT2D eigenvalue weighted by molar-refractivity contribution is 7.90. The van der Waals surface area contributed by atoms with Crippen LogP contribution in [0.1, 0.15) is 18.0 Å². The van der Waals surface area contributed by atoms with Gasteiger partial charge in [-0.3, -0.25) is 4.79 Å². The van der Waals surface area contributed by atoms with Crippen LogP contribution in [0.2, 0.25) is 0 Å². The molecule has 0 aliphatic rings. The van der Waals surface area contributed by atoms with Gasteiger partial charge in [0.1, 0.15) is 16.5 Å². The average molecular weight is 277 g/mol. The lowest BCUT2D eigenvalue weighted by Crippen LogP contribution is -2.16. The van der Waals surface area contributed by atoms with Crippen molar-refractivity contribution in [2.24, 2.45) is 5.73 Å². The minimum Gasteiger partial charge on any atom is -0.508 e. The standard InChI is InChI=1S/C10H12FNO5S/c1-18(16,17)9-4-8(13)5(2-6(9)11)7(12)3-10(14)15/h2,4,7,13H,3,12H2,1H3,(H,14,15). The Kier molecular flexibility index (Phi) is 3.92. The van der Waals surface area contributed by atoms with E-state index in [0.29, 0.717) is 0 Å². The Labute approximate surface area is 103 Å². The average Bonchev–Trinajstić information content (AvgIpc) is 2.18. The van der Waals surface area contributed by atoms with Crippen LogP contribution in [0.25, 0.3) is 0 Å². The summed E-state index contributed by atoms with van der Waals surface area (Å²) in [4.78, 5) is 9.79. The third-order valence-corrected chi connectivity index (χ3v) is 3.39. The van der Waals surface area contributed by atoms with Gasteiger partial charge in [0, 0.05) is 23.9 Å². The highest BCUT2D eigenvalue weighted by Crippen LogP contribution is 2.29. The number of phenolic OH excluding ortho intramolecular Hbond substituents is 1.